The second kappa shape index (κ2) is 6.59. The monoisotopic (exact) mass is 280 g/mol. The van der Waals surface area contributed by atoms with Gasteiger partial charge in [-0.1, -0.05) is 32.1 Å². The van der Waals surface area contributed by atoms with Gasteiger partial charge in [0.25, 0.3) is 0 Å². The maximum atomic E-state index is 12.2. The van der Waals surface area contributed by atoms with Crippen LogP contribution in [0.15, 0.2) is 0 Å². The molecule has 2 aliphatic rings. The molecule has 0 aromatic carbocycles. The highest BCUT2D eigenvalue weighted by Gasteiger charge is 2.32. The van der Waals surface area contributed by atoms with Gasteiger partial charge in [0, 0.05) is 11.5 Å². The van der Waals surface area contributed by atoms with Gasteiger partial charge in [-0.15, -0.1) is 0 Å². The maximum Gasteiger partial charge on any atom is 0.242 e. The van der Waals surface area contributed by atoms with Crippen LogP contribution in [0.2, 0.25) is 0 Å². The van der Waals surface area contributed by atoms with Gasteiger partial charge in [0.1, 0.15) is 6.04 Å². The third kappa shape index (κ3) is 3.97. The molecular formula is C16H28N2O2. The van der Waals surface area contributed by atoms with Crippen molar-refractivity contribution in [1.29, 1.82) is 0 Å². The highest BCUT2D eigenvalue weighted by atomic mass is 16.2. The van der Waals surface area contributed by atoms with Gasteiger partial charge < -0.3 is 10.6 Å². The number of hydrogen-bond donors (Lipinski definition) is 2. The van der Waals surface area contributed by atoms with Crippen molar-refractivity contribution in [3.63, 3.8) is 0 Å². The van der Waals surface area contributed by atoms with E-state index in [2.05, 4.69) is 17.6 Å². The topological polar surface area (TPSA) is 58.2 Å². The molecule has 0 heterocycles. The lowest BCUT2D eigenvalue weighted by atomic mass is 9.88. The Bertz CT molecular complexity index is 355. The van der Waals surface area contributed by atoms with Crippen LogP contribution < -0.4 is 10.6 Å². The van der Waals surface area contributed by atoms with Crippen molar-refractivity contribution in [2.24, 2.45) is 5.92 Å². The molecule has 0 saturated heterocycles. The summed E-state index contributed by atoms with van der Waals surface area (Å²) in [7, 11) is 0. The Morgan fingerprint density at radius 1 is 1.05 bits per heavy atom. The summed E-state index contributed by atoms with van der Waals surface area (Å²) in [6.07, 6.45) is 9.89. The lowest BCUT2D eigenvalue weighted by Crippen LogP contribution is -2.53. The number of carbonyl (C=O) groups excluding carboxylic acids is 2. The molecule has 2 saturated carbocycles. The number of amides is 2. The van der Waals surface area contributed by atoms with Gasteiger partial charge in [-0.25, -0.2) is 0 Å². The van der Waals surface area contributed by atoms with E-state index in [9.17, 15) is 9.59 Å². The largest absolute Gasteiger partial charge is 0.349 e. The molecule has 0 aliphatic heterocycles. The van der Waals surface area contributed by atoms with E-state index < -0.39 is 6.04 Å². The number of hydrogen-bond acceptors (Lipinski definition) is 2. The molecule has 1 unspecified atom stereocenters. The van der Waals surface area contributed by atoms with E-state index in [-0.39, 0.29) is 23.3 Å². The van der Waals surface area contributed by atoms with E-state index in [1.54, 1.807) is 6.92 Å². The minimum atomic E-state index is -0.429. The minimum Gasteiger partial charge on any atom is -0.349 e. The summed E-state index contributed by atoms with van der Waals surface area (Å²) in [6.45, 7) is 3.89. The average Bonchev–Trinajstić information content (AvgIpc) is 2.86. The van der Waals surface area contributed by atoms with Crippen LogP contribution in [-0.4, -0.2) is 23.4 Å². The molecule has 2 fully saturated rings. The predicted octanol–water partition coefficient (Wildman–Crippen LogP) is 2.52. The summed E-state index contributed by atoms with van der Waals surface area (Å²) >= 11 is 0. The first-order valence-corrected chi connectivity index (χ1v) is 8.13. The molecule has 0 aromatic heterocycles. The number of rotatable bonds is 4. The van der Waals surface area contributed by atoms with Crippen molar-refractivity contribution in [2.45, 2.75) is 83.2 Å². The SMILES string of the molecule is CC(NC(=O)C1CCCCC1)C(=O)NC1(C)CCCC1. The van der Waals surface area contributed by atoms with Gasteiger partial charge in [0.05, 0.1) is 0 Å². The first-order valence-electron chi connectivity index (χ1n) is 8.13. The summed E-state index contributed by atoms with van der Waals surface area (Å²) in [6, 6.07) is -0.429. The van der Waals surface area contributed by atoms with Crippen LogP contribution >= 0.6 is 0 Å². The molecule has 114 valence electrons. The number of carbonyl (C=O) groups is 2. The lowest BCUT2D eigenvalue weighted by molar-refractivity contribution is -0.132. The van der Waals surface area contributed by atoms with E-state index >= 15 is 0 Å². The summed E-state index contributed by atoms with van der Waals surface area (Å²) < 4.78 is 0. The standard InChI is InChI=1S/C16H28N2O2/c1-12(14(19)18-16(2)10-6-7-11-16)17-15(20)13-8-4-3-5-9-13/h12-13H,3-11H2,1-2H3,(H,17,20)(H,18,19). The third-order valence-corrected chi connectivity index (χ3v) is 4.86. The summed E-state index contributed by atoms with van der Waals surface area (Å²) in [4.78, 5) is 24.3. The quantitative estimate of drug-likeness (QED) is 0.831. The van der Waals surface area contributed by atoms with Crippen LogP contribution in [-0.2, 0) is 9.59 Å². The molecule has 2 N–H and O–H groups in total. The van der Waals surface area contributed by atoms with Gasteiger partial charge in [0.2, 0.25) is 11.8 Å². The van der Waals surface area contributed by atoms with Gasteiger partial charge in [-0.2, -0.15) is 0 Å². The molecule has 2 aliphatic carbocycles. The number of nitrogens with one attached hydrogen (secondary N) is 2. The fourth-order valence-corrected chi connectivity index (χ4v) is 3.45. The van der Waals surface area contributed by atoms with Crippen LogP contribution in [0.25, 0.3) is 0 Å². The van der Waals surface area contributed by atoms with Crippen molar-refractivity contribution in [3.8, 4) is 0 Å². The van der Waals surface area contributed by atoms with Gasteiger partial charge in [0.15, 0.2) is 0 Å². The zero-order chi connectivity index (χ0) is 14.6. The van der Waals surface area contributed by atoms with Crippen molar-refractivity contribution in [2.75, 3.05) is 0 Å². The minimum absolute atomic E-state index is 0.0430. The van der Waals surface area contributed by atoms with Crippen LogP contribution in [0.3, 0.4) is 0 Å². The molecule has 2 rings (SSSR count). The Balaban J connectivity index is 1.79. The van der Waals surface area contributed by atoms with E-state index in [1.165, 1.54) is 19.3 Å². The molecule has 0 aromatic rings. The second-order valence-corrected chi connectivity index (χ2v) is 6.82. The molecule has 20 heavy (non-hydrogen) atoms. The zero-order valence-electron chi connectivity index (χ0n) is 12.8. The van der Waals surface area contributed by atoms with E-state index in [1.807, 2.05) is 0 Å². The highest BCUT2D eigenvalue weighted by Crippen LogP contribution is 2.29. The maximum absolute atomic E-state index is 12.2. The summed E-state index contributed by atoms with van der Waals surface area (Å²) in [5, 5.41) is 6.00. The van der Waals surface area contributed by atoms with Crippen LogP contribution in [0.1, 0.15) is 71.6 Å². The van der Waals surface area contributed by atoms with Crippen molar-refractivity contribution < 1.29 is 9.59 Å². The Kier molecular flexibility index (Phi) is 5.06. The van der Waals surface area contributed by atoms with Crippen molar-refractivity contribution in [1.82, 2.24) is 10.6 Å². The average molecular weight is 280 g/mol. The van der Waals surface area contributed by atoms with Gasteiger partial charge in [-0.05, 0) is 39.5 Å². The van der Waals surface area contributed by atoms with Gasteiger partial charge >= 0.3 is 0 Å². The molecule has 4 nitrogen and oxygen atoms in total. The third-order valence-electron chi connectivity index (χ3n) is 4.86. The summed E-state index contributed by atoms with van der Waals surface area (Å²) in [5.74, 6) is 0.128. The van der Waals surface area contributed by atoms with Gasteiger partial charge in [-0.3, -0.25) is 9.59 Å². The van der Waals surface area contributed by atoms with Crippen LogP contribution in [0.4, 0.5) is 0 Å². The first-order chi connectivity index (χ1) is 9.50. The molecular weight excluding hydrogens is 252 g/mol. The summed E-state index contributed by atoms with van der Waals surface area (Å²) in [5.41, 5.74) is -0.0685. The van der Waals surface area contributed by atoms with Crippen molar-refractivity contribution in [3.05, 3.63) is 0 Å². The van der Waals surface area contributed by atoms with E-state index in [0.717, 1.165) is 38.5 Å². The molecule has 1 atom stereocenters. The van der Waals surface area contributed by atoms with Crippen LogP contribution in [0, 0.1) is 5.92 Å². The lowest BCUT2D eigenvalue weighted by Gasteiger charge is -2.28. The Morgan fingerprint density at radius 2 is 1.65 bits per heavy atom. The second-order valence-electron chi connectivity index (χ2n) is 6.82. The Labute approximate surface area is 122 Å². The molecule has 0 spiro atoms. The molecule has 4 heteroatoms. The Morgan fingerprint density at radius 3 is 2.25 bits per heavy atom. The highest BCUT2D eigenvalue weighted by molar-refractivity contribution is 5.88. The van der Waals surface area contributed by atoms with E-state index in [4.69, 9.17) is 0 Å². The predicted molar refractivity (Wildman–Crippen MR) is 79.2 cm³/mol. The van der Waals surface area contributed by atoms with Crippen molar-refractivity contribution >= 4 is 11.8 Å². The first kappa shape index (κ1) is 15.3. The van der Waals surface area contributed by atoms with E-state index in [0.29, 0.717) is 0 Å². The van der Waals surface area contributed by atoms with Crippen LogP contribution in [0.5, 0.6) is 0 Å². The molecule has 0 bridgehead atoms. The Hall–Kier alpha value is -1.06. The smallest absolute Gasteiger partial charge is 0.242 e. The molecule has 0 radical (unpaired) electrons. The normalized spacial score (nSPS) is 24.1. The molecule has 2 amide bonds. The fraction of sp³-hybridized carbons (Fsp3) is 0.875. The zero-order valence-corrected chi connectivity index (χ0v) is 12.8. The fourth-order valence-electron chi connectivity index (χ4n) is 3.45.